The molecule has 0 fully saturated rings. The van der Waals surface area contributed by atoms with Gasteiger partial charge in [0, 0.05) is 11.3 Å². The highest BCUT2D eigenvalue weighted by atomic mass is 79.9. The summed E-state index contributed by atoms with van der Waals surface area (Å²) in [6, 6.07) is 10.6. The minimum absolute atomic E-state index is 0.0253. The van der Waals surface area contributed by atoms with E-state index in [9.17, 15) is 13.2 Å². The zero-order valence-corrected chi connectivity index (χ0v) is 21.7. The van der Waals surface area contributed by atoms with Crippen molar-refractivity contribution in [3.8, 4) is 11.5 Å². The Balaban J connectivity index is 1.62. The lowest BCUT2D eigenvalue weighted by Gasteiger charge is -2.20. The van der Waals surface area contributed by atoms with Gasteiger partial charge in [-0.05, 0) is 69.2 Å². The lowest BCUT2D eigenvalue weighted by molar-refractivity contribution is -0.114. The molecule has 2 heterocycles. The van der Waals surface area contributed by atoms with Crippen molar-refractivity contribution in [2.75, 3.05) is 13.4 Å². The van der Waals surface area contributed by atoms with E-state index in [0.29, 0.717) is 26.6 Å². The molecule has 0 atom stereocenters. The van der Waals surface area contributed by atoms with E-state index in [2.05, 4.69) is 26.0 Å². The number of rotatable bonds is 5. The number of hydrogen-bond acceptors (Lipinski definition) is 8. The quantitative estimate of drug-likeness (QED) is 0.521. The topological polar surface area (TPSA) is 121 Å². The molecule has 0 spiro atoms. The van der Waals surface area contributed by atoms with Crippen molar-refractivity contribution in [1.29, 1.82) is 5.41 Å². The van der Waals surface area contributed by atoms with Crippen LogP contribution in [0.1, 0.15) is 11.1 Å². The average Bonchev–Trinajstić information content (AvgIpc) is 3.21. The van der Waals surface area contributed by atoms with Crippen LogP contribution < -0.4 is 9.47 Å². The van der Waals surface area contributed by atoms with Crippen LogP contribution in [0.3, 0.4) is 0 Å². The van der Waals surface area contributed by atoms with Gasteiger partial charge in [0.25, 0.3) is 5.91 Å². The van der Waals surface area contributed by atoms with Gasteiger partial charge in [0.2, 0.25) is 19.4 Å². The summed E-state index contributed by atoms with van der Waals surface area (Å²) in [5.41, 5.74) is 1.40. The first kappa shape index (κ1) is 24.5. The van der Waals surface area contributed by atoms with E-state index in [1.165, 1.54) is 13.2 Å². The van der Waals surface area contributed by atoms with Gasteiger partial charge in [-0.25, -0.2) is 8.42 Å². The van der Waals surface area contributed by atoms with Crippen LogP contribution in [0.2, 0.25) is 5.02 Å². The van der Waals surface area contributed by atoms with E-state index >= 15 is 0 Å². The smallest absolute Gasteiger partial charge is 0.283 e. The molecule has 4 rings (SSSR count). The minimum atomic E-state index is -3.61. The van der Waals surface area contributed by atoms with Crippen LogP contribution in [0.25, 0.3) is 6.08 Å². The van der Waals surface area contributed by atoms with Gasteiger partial charge >= 0.3 is 0 Å². The van der Waals surface area contributed by atoms with Crippen LogP contribution >= 0.6 is 39.3 Å². The molecule has 0 aromatic heterocycles. The Hall–Kier alpha value is -2.67. The maximum absolute atomic E-state index is 12.6. The van der Waals surface area contributed by atoms with Gasteiger partial charge in [-0.1, -0.05) is 23.7 Å². The Morgan fingerprint density at radius 2 is 1.97 bits per heavy atom. The van der Waals surface area contributed by atoms with E-state index in [1.54, 1.807) is 24.3 Å². The number of benzene rings is 2. The molecular weight excluding hydrogens is 568 g/mol. The number of carbonyl (C=O) groups excluding carboxylic acids is 1. The number of carbonyl (C=O) groups is 1. The predicted octanol–water partition coefficient (Wildman–Crippen LogP) is 4.31. The number of hydrazone groups is 1. The van der Waals surface area contributed by atoms with Crippen LogP contribution in [0.15, 0.2) is 56.5 Å². The summed E-state index contributed by atoms with van der Waals surface area (Å²) in [4.78, 5) is 16.5. The van der Waals surface area contributed by atoms with Gasteiger partial charge in [0.15, 0.2) is 17.3 Å². The number of aliphatic imine (C=N–C) groups is 1. The third kappa shape index (κ3) is 5.04. The molecule has 0 radical (unpaired) electrons. The second-order valence-corrected chi connectivity index (χ2v) is 11.5. The summed E-state index contributed by atoms with van der Waals surface area (Å²) in [6.45, 7) is 0.278. The number of nitrogens with one attached hydrogen (secondary N) is 1. The summed E-state index contributed by atoms with van der Waals surface area (Å²) in [5.74, 6) is -0.0854. The van der Waals surface area contributed by atoms with E-state index in [4.69, 9.17) is 26.5 Å². The number of amides is 1. The van der Waals surface area contributed by atoms with Crippen molar-refractivity contribution < 1.29 is 22.7 Å². The maximum atomic E-state index is 12.6. The molecule has 176 valence electrons. The van der Waals surface area contributed by atoms with Crippen LogP contribution in [0.4, 0.5) is 0 Å². The molecule has 0 saturated heterocycles. The Labute approximate surface area is 213 Å². The molecular formula is C21H16BrClN4O5S2. The first-order valence-corrected chi connectivity index (χ1v) is 13.4. The van der Waals surface area contributed by atoms with Crippen molar-refractivity contribution in [2.24, 2.45) is 10.1 Å². The number of amidine groups is 2. The van der Waals surface area contributed by atoms with Crippen molar-refractivity contribution >= 4 is 76.5 Å². The molecule has 2 aromatic carbocycles. The summed E-state index contributed by atoms with van der Waals surface area (Å²) in [7, 11) is -2.12. The van der Waals surface area contributed by atoms with Gasteiger partial charge in [-0.15, -0.1) is 5.10 Å². The van der Waals surface area contributed by atoms with E-state index in [1.807, 2.05) is 12.1 Å². The Morgan fingerprint density at radius 1 is 1.26 bits per heavy atom. The summed E-state index contributed by atoms with van der Waals surface area (Å²) in [6.07, 6.45) is 2.46. The number of halogens is 2. The first-order valence-electron chi connectivity index (χ1n) is 9.52. The van der Waals surface area contributed by atoms with E-state index in [-0.39, 0.29) is 27.6 Å². The van der Waals surface area contributed by atoms with Crippen molar-refractivity contribution in [3.05, 3.63) is 62.6 Å². The molecule has 34 heavy (non-hydrogen) atoms. The number of nitrogens with zero attached hydrogens (tertiary/aromatic N) is 3. The van der Waals surface area contributed by atoms with Gasteiger partial charge in [0.1, 0.15) is 6.61 Å². The zero-order chi connectivity index (χ0) is 24.6. The molecule has 2 aliphatic rings. The normalized spacial score (nSPS) is 16.9. The monoisotopic (exact) mass is 582 g/mol. The fraction of sp³-hybridized carbons (Fsp3) is 0.143. The fourth-order valence-corrected chi connectivity index (χ4v) is 5.38. The molecule has 1 N–H and O–H groups in total. The number of hydrogen-bond donors (Lipinski definition) is 1. The number of thioether (sulfide) groups is 1. The summed E-state index contributed by atoms with van der Waals surface area (Å²) >= 11 is 10.1. The van der Waals surface area contributed by atoms with Crippen LogP contribution in [0, 0.1) is 5.41 Å². The average molecular weight is 584 g/mol. The lowest BCUT2D eigenvalue weighted by atomic mass is 10.1. The van der Waals surface area contributed by atoms with Gasteiger partial charge < -0.3 is 9.47 Å². The van der Waals surface area contributed by atoms with Crippen molar-refractivity contribution in [2.45, 2.75) is 6.61 Å². The molecule has 13 heteroatoms. The number of fused-ring (bicyclic) bond motifs is 1. The second kappa shape index (κ2) is 9.53. The van der Waals surface area contributed by atoms with Crippen molar-refractivity contribution in [1.82, 2.24) is 5.01 Å². The largest absolute Gasteiger partial charge is 0.493 e. The molecule has 0 saturated carbocycles. The van der Waals surface area contributed by atoms with Gasteiger partial charge in [-0.2, -0.15) is 10.0 Å². The number of sulfone groups is 1. The molecule has 1 amide bonds. The first-order chi connectivity index (χ1) is 16.1. The SMILES string of the molecule is COc1cc(/C=C2/C(=N)N3N=C(S(C)(=O)=O)SC3=NC2=O)cc(Br)c1OCc1ccc(Cl)cc1. The summed E-state index contributed by atoms with van der Waals surface area (Å²) < 4.78 is 35.3. The molecule has 0 bridgehead atoms. The molecule has 0 aliphatic carbocycles. The number of methoxy groups -OCH3 is 1. The Morgan fingerprint density at radius 3 is 2.62 bits per heavy atom. The van der Waals surface area contributed by atoms with Gasteiger partial charge in [-0.3, -0.25) is 10.2 Å². The van der Waals surface area contributed by atoms with E-state index < -0.39 is 15.7 Å². The molecule has 9 nitrogen and oxygen atoms in total. The Kier molecular flexibility index (Phi) is 6.85. The maximum Gasteiger partial charge on any atom is 0.283 e. The van der Waals surface area contributed by atoms with E-state index in [0.717, 1.165) is 28.6 Å². The highest BCUT2D eigenvalue weighted by molar-refractivity contribution is 9.10. The summed E-state index contributed by atoms with van der Waals surface area (Å²) in [5, 5.41) is 14.0. The van der Waals surface area contributed by atoms with Crippen molar-refractivity contribution in [3.63, 3.8) is 0 Å². The Bertz CT molecular complexity index is 1400. The predicted molar refractivity (Wildman–Crippen MR) is 136 cm³/mol. The highest BCUT2D eigenvalue weighted by Crippen LogP contribution is 2.38. The van der Waals surface area contributed by atoms with Gasteiger partial charge in [0.05, 0.1) is 17.2 Å². The van der Waals surface area contributed by atoms with Crippen LogP contribution in [-0.2, 0) is 21.2 Å². The highest BCUT2D eigenvalue weighted by Gasteiger charge is 2.38. The molecule has 2 aliphatic heterocycles. The minimum Gasteiger partial charge on any atom is -0.493 e. The number of ether oxygens (including phenoxy) is 2. The lowest BCUT2D eigenvalue weighted by Crippen LogP contribution is -2.35. The molecule has 0 unspecified atom stereocenters. The fourth-order valence-electron chi connectivity index (χ4n) is 2.99. The van der Waals surface area contributed by atoms with Crippen LogP contribution in [-0.4, -0.2) is 48.1 Å². The standard InChI is InChI=1S/C21H16BrClN4O5S2/c1-31-16-9-12(8-15(22)17(16)32-10-11-3-5-13(23)6-4-11)7-14-18(24)27-20(25-19(14)28)33-21(26-27)34(2,29)30/h3-9,24H,10H2,1-2H3/b14-7-,24-18?. The third-order valence-electron chi connectivity index (χ3n) is 4.61. The zero-order valence-electron chi connectivity index (χ0n) is 17.7. The second-order valence-electron chi connectivity index (χ2n) is 7.11. The molecule has 2 aromatic rings. The van der Waals surface area contributed by atoms with Crippen LogP contribution in [0.5, 0.6) is 11.5 Å². The third-order valence-corrected chi connectivity index (χ3v) is 8.03.